The van der Waals surface area contributed by atoms with Crippen molar-refractivity contribution in [3.63, 3.8) is 0 Å². The van der Waals surface area contributed by atoms with E-state index in [4.69, 9.17) is 0 Å². The van der Waals surface area contributed by atoms with E-state index in [1.165, 1.54) is 0 Å². The van der Waals surface area contributed by atoms with E-state index in [9.17, 15) is 9.90 Å². The van der Waals surface area contributed by atoms with Gasteiger partial charge in [-0.15, -0.1) is 0 Å². The average molecular weight is 343 g/mol. The Kier molecular flexibility index (Phi) is 6.01. The molecule has 1 amide bonds. The third-order valence-corrected chi connectivity index (χ3v) is 4.33. The highest BCUT2D eigenvalue weighted by molar-refractivity contribution is 5.94. The van der Waals surface area contributed by atoms with Crippen molar-refractivity contribution >= 4 is 5.91 Å². The Labute approximate surface area is 150 Å². The molecule has 0 saturated carbocycles. The molecule has 0 radical (unpaired) electrons. The number of carbonyl (C=O) groups is 1. The van der Waals surface area contributed by atoms with E-state index in [2.05, 4.69) is 24.1 Å². The van der Waals surface area contributed by atoms with Crippen LogP contribution in [0.2, 0.25) is 0 Å². The molecule has 1 heterocycles. The van der Waals surface area contributed by atoms with Crippen LogP contribution in [-0.4, -0.2) is 26.2 Å². The second-order valence-electron chi connectivity index (χ2n) is 7.60. The molecule has 2 N–H and O–H groups in total. The van der Waals surface area contributed by atoms with Gasteiger partial charge in [-0.3, -0.25) is 4.79 Å². The molecule has 0 fully saturated rings. The van der Waals surface area contributed by atoms with Gasteiger partial charge in [0.15, 0.2) is 0 Å². The molecule has 1 atom stereocenters. The summed E-state index contributed by atoms with van der Waals surface area (Å²) >= 11 is 0. The third kappa shape index (κ3) is 5.43. The first-order valence-electron chi connectivity index (χ1n) is 8.77. The smallest absolute Gasteiger partial charge is 0.251 e. The Hall–Kier alpha value is -2.14. The van der Waals surface area contributed by atoms with E-state index in [0.717, 1.165) is 17.8 Å². The van der Waals surface area contributed by atoms with Crippen molar-refractivity contribution < 1.29 is 9.90 Å². The Morgan fingerprint density at radius 2 is 1.92 bits per heavy atom. The number of hydrogen-bond acceptors (Lipinski definition) is 3. The fraction of sp³-hybridized carbons (Fsp3) is 0.500. The first kappa shape index (κ1) is 19.2. The molecule has 0 spiro atoms. The van der Waals surface area contributed by atoms with Crippen LogP contribution in [0, 0.1) is 5.92 Å². The van der Waals surface area contributed by atoms with Crippen LogP contribution in [0.1, 0.15) is 61.9 Å². The molecule has 0 aliphatic carbocycles. The van der Waals surface area contributed by atoms with Gasteiger partial charge in [0.1, 0.15) is 5.82 Å². The average Bonchev–Trinajstić information content (AvgIpc) is 2.95. The summed E-state index contributed by atoms with van der Waals surface area (Å²) in [6, 6.07) is 7.44. The molecule has 2 aromatic rings. The van der Waals surface area contributed by atoms with Crippen LogP contribution < -0.4 is 5.32 Å². The van der Waals surface area contributed by atoms with Gasteiger partial charge in [0.25, 0.3) is 5.91 Å². The molecule has 1 aromatic heterocycles. The number of hydrogen-bond donors (Lipinski definition) is 2. The normalized spacial score (nSPS) is 13.1. The Morgan fingerprint density at radius 3 is 2.40 bits per heavy atom. The van der Waals surface area contributed by atoms with Crippen molar-refractivity contribution in [3.8, 4) is 0 Å². The van der Waals surface area contributed by atoms with Crippen LogP contribution in [0.15, 0.2) is 36.7 Å². The van der Waals surface area contributed by atoms with Crippen LogP contribution >= 0.6 is 0 Å². The maximum Gasteiger partial charge on any atom is 0.251 e. The highest BCUT2D eigenvalue weighted by atomic mass is 16.3. The van der Waals surface area contributed by atoms with Gasteiger partial charge in [0, 0.05) is 25.0 Å². The van der Waals surface area contributed by atoms with E-state index in [1.807, 2.05) is 42.1 Å². The van der Waals surface area contributed by atoms with E-state index in [0.29, 0.717) is 12.0 Å². The lowest BCUT2D eigenvalue weighted by Gasteiger charge is -2.22. The van der Waals surface area contributed by atoms with Crippen LogP contribution in [0.25, 0.3) is 0 Å². The topological polar surface area (TPSA) is 67.2 Å². The van der Waals surface area contributed by atoms with E-state index in [1.54, 1.807) is 20.0 Å². The first-order valence-corrected chi connectivity index (χ1v) is 8.77. The summed E-state index contributed by atoms with van der Waals surface area (Å²) in [5.41, 5.74) is 1.07. The summed E-state index contributed by atoms with van der Waals surface area (Å²) in [5, 5.41) is 12.9. The lowest BCUT2D eigenvalue weighted by Crippen LogP contribution is -2.33. The molecule has 25 heavy (non-hydrogen) atoms. The fourth-order valence-corrected chi connectivity index (χ4v) is 2.70. The van der Waals surface area contributed by atoms with Crippen LogP contribution in [0.5, 0.6) is 0 Å². The summed E-state index contributed by atoms with van der Waals surface area (Å²) in [6.45, 7) is 7.75. The van der Waals surface area contributed by atoms with Crippen molar-refractivity contribution in [2.24, 2.45) is 13.0 Å². The van der Waals surface area contributed by atoms with Crippen LogP contribution in [0.3, 0.4) is 0 Å². The molecule has 0 unspecified atom stereocenters. The molecular weight excluding hydrogens is 314 g/mol. The van der Waals surface area contributed by atoms with Crippen LogP contribution in [-0.2, 0) is 13.5 Å². The Bertz CT molecular complexity index is 696. The number of rotatable bonds is 7. The third-order valence-electron chi connectivity index (χ3n) is 4.33. The molecular formula is C20H29N3O2. The highest BCUT2D eigenvalue weighted by Gasteiger charge is 2.22. The van der Waals surface area contributed by atoms with Gasteiger partial charge in [-0.25, -0.2) is 4.98 Å². The number of carbonyl (C=O) groups excluding carboxylic acids is 1. The lowest BCUT2D eigenvalue weighted by atomic mass is 9.98. The summed E-state index contributed by atoms with van der Waals surface area (Å²) in [4.78, 5) is 17.0. The van der Waals surface area contributed by atoms with Gasteiger partial charge in [-0.2, -0.15) is 0 Å². The van der Waals surface area contributed by atoms with Crippen LogP contribution in [0.4, 0.5) is 0 Å². The molecule has 5 heteroatoms. The zero-order valence-corrected chi connectivity index (χ0v) is 15.8. The van der Waals surface area contributed by atoms with Gasteiger partial charge in [0.05, 0.1) is 11.6 Å². The van der Waals surface area contributed by atoms with Crippen molar-refractivity contribution in [2.45, 2.75) is 52.2 Å². The van der Waals surface area contributed by atoms with E-state index in [-0.39, 0.29) is 17.9 Å². The molecule has 0 aliphatic heterocycles. The van der Waals surface area contributed by atoms with Crippen molar-refractivity contribution in [1.29, 1.82) is 0 Å². The molecule has 5 nitrogen and oxygen atoms in total. The number of nitrogens with zero attached hydrogens (tertiary/aromatic N) is 2. The predicted octanol–water partition coefficient (Wildman–Crippen LogP) is 3.25. The van der Waals surface area contributed by atoms with Gasteiger partial charge < -0.3 is 15.0 Å². The van der Waals surface area contributed by atoms with Crippen molar-refractivity contribution in [2.75, 3.05) is 0 Å². The minimum atomic E-state index is -0.678. The van der Waals surface area contributed by atoms with E-state index < -0.39 is 5.60 Å². The number of aromatic nitrogens is 2. The fourth-order valence-electron chi connectivity index (χ4n) is 2.70. The lowest BCUT2D eigenvalue weighted by molar-refractivity contribution is 0.0713. The molecule has 1 aromatic carbocycles. The highest BCUT2D eigenvalue weighted by Crippen LogP contribution is 2.20. The molecule has 2 rings (SSSR count). The Balaban J connectivity index is 2.05. The molecule has 0 aliphatic rings. The van der Waals surface area contributed by atoms with Crippen molar-refractivity contribution in [3.05, 3.63) is 53.6 Å². The summed E-state index contributed by atoms with van der Waals surface area (Å²) in [5.74, 6) is 0.983. The Morgan fingerprint density at radius 1 is 1.28 bits per heavy atom. The standard InChI is InChI=1S/C20H29N3O2/c1-14(2)17(18-21-12-13-23(18)5)22-19(24)16-8-6-15(7-9-16)10-11-20(3,4)25/h6-9,12-14,17,25H,10-11H2,1-5H3,(H,22,24)/t17-/m1/s1. The molecule has 0 bridgehead atoms. The van der Waals surface area contributed by atoms with Gasteiger partial charge >= 0.3 is 0 Å². The minimum absolute atomic E-state index is 0.101. The maximum absolute atomic E-state index is 12.6. The number of amides is 1. The SMILES string of the molecule is CC(C)[C@@H](NC(=O)c1ccc(CCC(C)(C)O)cc1)c1nccn1C. The second-order valence-corrected chi connectivity index (χ2v) is 7.60. The molecule has 0 saturated heterocycles. The number of imidazole rings is 1. The zero-order chi connectivity index (χ0) is 18.6. The largest absolute Gasteiger partial charge is 0.390 e. The molecule has 136 valence electrons. The number of benzene rings is 1. The van der Waals surface area contributed by atoms with Crippen molar-refractivity contribution in [1.82, 2.24) is 14.9 Å². The summed E-state index contributed by atoms with van der Waals surface area (Å²) in [7, 11) is 1.93. The zero-order valence-electron chi connectivity index (χ0n) is 15.8. The second kappa shape index (κ2) is 7.83. The summed E-state index contributed by atoms with van der Waals surface area (Å²) < 4.78 is 1.94. The minimum Gasteiger partial charge on any atom is -0.390 e. The summed E-state index contributed by atoms with van der Waals surface area (Å²) in [6.07, 6.45) is 5.10. The van der Waals surface area contributed by atoms with Gasteiger partial charge in [-0.1, -0.05) is 26.0 Å². The number of aliphatic hydroxyl groups is 1. The van der Waals surface area contributed by atoms with Gasteiger partial charge in [0.2, 0.25) is 0 Å². The monoisotopic (exact) mass is 343 g/mol. The number of nitrogens with one attached hydrogen (secondary N) is 1. The van der Waals surface area contributed by atoms with E-state index >= 15 is 0 Å². The first-order chi connectivity index (χ1) is 11.7. The predicted molar refractivity (Wildman–Crippen MR) is 99.3 cm³/mol. The quantitative estimate of drug-likeness (QED) is 0.811. The van der Waals surface area contributed by atoms with Gasteiger partial charge in [-0.05, 0) is 50.3 Å². The maximum atomic E-state index is 12.6. The number of aryl methyl sites for hydroxylation is 2.